The molecular weight excluding hydrogens is 348 g/mol. The molecule has 0 unspecified atom stereocenters. The van der Waals surface area contributed by atoms with E-state index in [0.29, 0.717) is 17.4 Å². The minimum absolute atomic E-state index is 0.250. The predicted octanol–water partition coefficient (Wildman–Crippen LogP) is 4.96. The van der Waals surface area contributed by atoms with Crippen molar-refractivity contribution in [3.05, 3.63) is 39.0 Å². The topological polar surface area (TPSA) is 26.3 Å². The van der Waals surface area contributed by atoms with Gasteiger partial charge in [-0.3, -0.25) is 0 Å². The molecule has 0 saturated heterocycles. The van der Waals surface area contributed by atoms with Crippen LogP contribution in [0.5, 0.6) is 0 Å². The standard InChI is InChI=1S/C13H10O2S5/c14-10(8-4-2-1-3-5-8)15-6-9-7-17-11-12(18-9)20-13(16)19-11/h1-5,9H,6-7H2/t9-/m1/s1. The minimum Gasteiger partial charge on any atom is -0.461 e. The van der Waals surface area contributed by atoms with Crippen molar-refractivity contribution < 1.29 is 9.53 Å². The molecule has 0 amide bonds. The van der Waals surface area contributed by atoms with E-state index in [1.165, 1.54) is 8.42 Å². The Labute approximate surface area is 138 Å². The number of carbonyl (C=O) groups is 1. The SMILES string of the molecule is O=C(OC[C@@H]1CSc2sc(=S)sc2S1)c1ccccc1. The summed E-state index contributed by atoms with van der Waals surface area (Å²) in [5.41, 5.74) is 0.604. The van der Waals surface area contributed by atoms with E-state index in [-0.39, 0.29) is 5.97 Å². The van der Waals surface area contributed by atoms with Crippen LogP contribution in [0.2, 0.25) is 0 Å². The molecule has 1 aliphatic rings. The van der Waals surface area contributed by atoms with Gasteiger partial charge in [0.15, 0.2) is 0 Å². The van der Waals surface area contributed by atoms with Gasteiger partial charge in [-0.05, 0) is 12.1 Å². The lowest BCUT2D eigenvalue weighted by Crippen LogP contribution is -2.19. The Kier molecular flexibility index (Phi) is 4.83. The lowest BCUT2D eigenvalue weighted by molar-refractivity contribution is 0.0511. The van der Waals surface area contributed by atoms with Gasteiger partial charge in [0.05, 0.1) is 19.2 Å². The van der Waals surface area contributed by atoms with E-state index >= 15 is 0 Å². The van der Waals surface area contributed by atoms with Crippen molar-refractivity contribution in [2.24, 2.45) is 0 Å². The molecule has 0 aliphatic carbocycles. The molecule has 3 rings (SSSR count). The molecule has 2 aromatic rings. The Bertz CT molecular complexity index is 661. The van der Waals surface area contributed by atoms with Crippen molar-refractivity contribution in [1.82, 2.24) is 0 Å². The van der Waals surface area contributed by atoms with Crippen molar-refractivity contribution >= 4 is 64.4 Å². The first-order valence-electron chi connectivity index (χ1n) is 5.88. The Morgan fingerprint density at radius 2 is 2.00 bits per heavy atom. The highest BCUT2D eigenvalue weighted by Crippen LogP contribution is 2.47. The predicted molar refractivity (Wildman–Crippen MR) is 90.1 cm³/mol. The molecule has 0 bridgehead atoms. The highest BCUT2D eigenvalue weighted by Gasteiger charge is 2.23. The van der Waals surface area contributed by atoms with E-state index < -0.39 is 0 Å². The Morgan fingerprint density at radius 3 is 2.80 bits per heavy atom. The van der Waals surface area contributed by atoms with E-state index in [9.17, 15) is 4.79 Å². The molecule has 1 atom stereocenters. The van der Waals surface area contributed by atoms with Crippen LogP contribution < -0.4 is 0 Å². The smallest absolute Gasteiger partial charge is 0.338 e. The lowest BCUT2D eigenvalue weighted by Gasteiger charge is -2.19. The van der Waals surface area contributed by atoms with Crippen LogP contribution in [0.1, 0.15) is 10.4 Å². The number of hydrogen-bond acceptors (Lipinski definition) is 7. The van der Waals surface area contributed by atoms with E-state index in [4.69, 9.17) is 17.0 Å². The Balaban J connectivity index is 1.58. The van der Waals surface area contributed by atoms with Crippen molar-refractivity contribution in [1.29, 1.82) is 0 Å². The molecular formula is C13H10O2S5. The second-order valence-corrected chi connectivity index (χ2v) is 10.1. The van der Waals surface area contributed by atoms with Gasteiger partial charge in [-0.15, -0.1) is 46.2 Å². The molecule has 1 aliphatic heterocycles. The van der Waals surface area contributed by atoms with Crippen LogP contribution in [-0.2, 0) is 4.74 Å². The fraction of sp³-hybridized carbons (Fsp3) is 0.231. The van der Waals surface area contributed by atoms with Gasteiger partial charge in [0.2, 0.25) is 0 Å². The fourth-order valence-corrected chi connectivity index (χ4v) is 8.19. The van der Waals surface area contributed by atoms with Crippen LogP contribution >= 0.6 is 58.4 Å². The summed E-state index contributed by atoms with van der Waals surface area (Å²) in [5, 5.41) is 0.306. The molecule has 1 aromatic carbocycles. The molecule has 20 heavy (non-hydrogen) atoms. The number of carbonyl (C=O) groups excluding carboxylic acids is 1. The average molecular weight is 359 g/mol. The summed E-state index contributed by atoms with van der Waals surface area (Å²) in [6.45, 7) is 0.445. The Hall–Kier alpha value is -0.340. The number of esters is 1. The van der Waals surface area contributed by atoms with Crippen LogP contribution in [0.4, 0.5) is 0 Å². The summed E-state index contributed by atoms with van der Waals surface area (Å²) in [7, 11) is 0. The molecule has 0 saturated carbocycles. The zero-order valence-electron chi connectivity index (χ0n) is 10.2. The number of thioether (sulfide) groups is 2. The van der Waals surface area contributed by atoms with Crippen LogP contribution in [0.25, 0.3) is 0 Å². The van der Waals surface area contributed by atoms with E-state index in [1.54, 1.807) is 46.6 Å². The van der Waals surface area contributed by atoms with Crippen molar-refractivity contribution in [2.75, 3.05) is 12.4 Å². The summed E-state index contributed by atoms with van der Waals surface area (Å²) >= 11 is 12.1. The normalized spacial score (nSPS) is 17.5. The molecule has 0 fully saturated rings. The summed E-state index contributed by atoms with van der Waals surface area (Å²) in [6.07, 6.45) is 0. The van der Waals surface area contributed by atoms with Crippen molar-refractivity contribution in [3.8, 4) is 0 Å². The van der Waals surface area contributed by atoms with Gasteiger partial charge in [0, 0.05) is 5.75 Å². The summed E-state index contributed by atoms with van der Waals surface area (Å²) in [6, 6.07) is 9.11. The third kappa shape index (κ3) is 3.46. The van der Waals surface area contributed by atoms with Crippen LogP contribution in [0.15, 0.2) is 38.8 Å². The average Bonchev–Trinajstić information content (AvgIpc) is 2.85. The zero-order chi connectivity index (χ0) is 13.9. The van der Waals surface area contributed by atoms with Crippen molar-refractivity contribution in [3.63, 3.8) is 0 Å². The number of ether oxygens (including phenoxy) is 1. The molecule has 0 spiro atoms. The van der Waals surface area contributed by atoms with Gasteiger partial charge in [0.25, 0.3) is 0 Å². The third-order valence-electron chi connectivity index (χ3n) is 2.60. The monoisotopic (exact) mass is 358 g/mol. The molecule has 7 heteroatoms. The minimum atomic E-state index is -0.250. The van der Waals surface area contributed by atoms with Crippen LogP contribution in [0.3, 0.4) is 0 Å². The molecule has 2 nitrogen and oxygen atoms in total. The molecule has 2 heterocycles. The van der Waals surface area contributed by atoms with Gasteiger partial charge in [-0.25, -0.2) is 4.79 Å². The van der Waals surface area contributed by atoms with Gasteiger partial charge >= 0.3 is 5.97 Å². The number of benzene rings is 1. The summed E-state index contributed by atoms with van der Waals surface area (Å²) < 4.78 is 8.96. The maximum atomic E-state index is 11.9. The quantitative estimate of drug-likeness (QED) is 0.570. The second-order valence-electron chi connectivity index (χ2n) is 4.04. The number of rotatable bonds is 3. The van der Waals surface area contributed by atoms with E-state index in [2.05, 4.69) is 0 Å². The van der Waals surface area contributed by atoms with Gasteiger partial charge < -0.3 is 4.74 Å². The molecule has 104 valence electrons. The molecule has 0 N–H and O–H groups in total. The van der Waals surface area contributed by atoms with E-state index in [1.807, 2.05) is 30.0 Å². The first-order valence-corrected chi connectivity index (χ1v) is 9.78. The number of hydrogen-bond donors (Lipinski definition) is 0. The third-order valence-corrected chi connectivity index (χ3v) is 8.67. The Morgan fingerprint density at radius 1 is 1.25 bits per heavy atom. The molecule has 1 aromatic heterocycles. The van der Waals surface area contributed by atoms with E-state index in [0.717, 1.165) is 8.89 Å². The maximum absolute atomic E-state index is 11.9. The summed E-state index contributed by atoms with van der Waals surface area (Å²) in [4.78, 5) is 11.9. The number of fused-ring (bicyclic) bond motifs is 1. The highest BCUT2D eigenvalue weighted by molar-refractivity contribution is 8.08. The summed E-state index contributed by atoms with van der Waals surface area (Å²) in [5.74, 6) is 0.710. The highest BCUT2D eigenvalue weighted by atomic mass is 32.2. The van der Waals surface area contributed by atoms with Gasteiger partial charge in [-0.1, -0.05) is 30.4 Å². The molecule has 0 radical (unpaired) electrons. The van der Waals surface area contributed by atoms with Crippen LogP contribution in [-0.4, -0.2) is 23.6 Å². The van der Waals surface area contributed by atoms with Crippen molar-refractivity contribution in [2.45, 2.75) is 13.7 Å². The zero-order valence-corrected chi connectivity index (χ0v) is 14.3. The largest absolute Gasteiger partial charge is 0.461 e. The first-order chi connectivity index (χ1) is 9.72. The van der Waals surface area contributed by atoms with Crippen LogP contribution in [0, 0.1) is 3.14 Å². The lowest BCUT2D eigenvalue weighted by atomic mass is 10.2. The first kappa shape index (κ1) is 14.6. The fourth-order valence-electron chi connectivity index (χ4n) is 1.68. The maximum Gasteiger partial charge on any atom is 0.338 e. The van der Waals surface area contributed by atoms with Gasteiger partial charge in [-0.2, -0.15) is 0 Å². The second kappa shape index (κ2) is 6.62. The van der Waals surface area contributed by atoms with Gasteiger partial charge in [0.1, 0.15) is 9.74 Å².